The van der Waals surface area contributed by atoms with Crippen molar-refractivity contribution in [2.24, 2.45) is 0 Å². The van der Waals surface area contributed by atoms with E-state index < -0.39 is 0 Å². The minimum Gasteiger partial charge on any atom is -0.489 e. The second-order valence-corrected chi connectivity index (χ2v) is 6.23. The summed E-state index contributed by atoms with van der Waals surface area (Å²) in [5, 5.41) is 0. The van der Waals surface area contributed by atoms with Gasteiger partial charge in [-0.25, -0.2) is 0 Å². The lowest BCUT2D eigenvalue weighted by molar-refractivity contribution is -0.0509. The molecule has 0 bridgehead atoms. The topological polar surface area (TPSA) is 31.4 Å². The molecule has 1 aromatic rings. The summed E-state index contributed by atoms with van der Waals surface area (Å²) in [5.74, 6) is 0.806. The van der Waals surface area contributed by atoms with Crippen molar-refractivity contribution in [1.82, 2.24) is 4.98 Å². The molecule has 0 amide bonds. The second-order valence-electron chi connectivity index (χ2n) is 5.32. The molecule has 2 fully saturated rings. The van der Waals surface area contributed by atoms with Gasteiger partial charge in [0.2, 0.25) is 0 Å². The molecule has 1 aromatic heterocycles. The highest BCUT2D eigenvalue weighted by molar-refractivity contribution is 9.10. The smallest absolute Gasteiger partial charge is 0.138 e. The Morgan fingerprint density at radius 2 is 2.17 bits per heavy atom. The maximum absolute atomic E-state index is 6.20. The van der Waals surface area contributed by atoms with E-state index in [1.54, 1.807) is 12.4 Å². The monoisotopic (exact) mass is 311 g/mol. The molecule has 0 N–H and O–H groups in total. The number of ether oxygens (including phenoxy) is 2. The Bertz CT molecular complexity index is 418. The largest absolute Gasteiger partial charge is 0.489 e. The minimum absolute atomic E-state index is 0.198. The van der Waals surface area contributed by atoms with Crippen LogP contribution in [0.25, 0.3) is 0 Å². The molecule has 1 aliphatic carbocycles. The van der Waals surface area contributed by atoms with Crippen LogP contribution in [0.4, 0.5) is 0 Å². The predicted octanol–water partition coefficient (Wildman–Crippen LogP) is 3.71. The molecule has 1 unspecified atom stereocenters. The predicted molar refractivity (Wildman–Crippen MR) is 72.7 cm³/mol. The van der Waals surface area contributed by atoms with Crippen molar-refractivity contribution >= 4 is 15.9 Å². The lowest BCUT2D eigenvalue weighted by atomic mass is 9.98. The Kier molecular flexibility index (Phi) is 3.57. The average molecular weight is 312 g/mol. The summed E-state index contributed by atoms with van der Waals surface area (Å²) in [6.07, 6.45) is 11.2. The van der Waals surface area contributed by atoms with Crippen molar-refractivity contribution in [1.29, 1.82) is 0 Å². The molecule has 3 nitrogen and oxygen atoms in total. The van der Waals surface area contributed by atoms with E-state index >= 15 is 0 Å². The number of hydrogen-bond donors (Lipinski definition) is 0. The van der Waals surface area contributed by atoms with E-state index in [1.165, 1.54) is 32.1 Å². The molecule has 2 heterocycles. The van der Waals surface area contributed by atoms with Crippen molar-refractivity contribution in [3.05, 3.63) is 22.9 Å². The SMILES string of the molecule is Brc1cncc(OCC2CCC3(CCCC3)O2)c1. The highest BCUT2D eigenvalue weighted by Gasteiger charge is 2.42. The summed E-state index contributed by atoms with van der Waals surface area (Å²) in [5.41, 5.74) is 0.198. The maximum atomic E-state index is 6.20. The molecule has 18 heavy (non-hydrogen) atoms. The highest BCUT2D eigenvalue weighted by Crippen LogP contribution is 2.43. The highest BCUT2D eigenvalue weighted by atomic mass is 79.9. The van der Waals surface area contributed by atoms with Crippen molar-refractivity contribution < 1.29 is 9.47 Å². The Labute approximate surface area is 116 Å². The first kappa shape index (κ1) is 12.4. The van der Waals surface area contributed by atoms with Gasteiger partial charge in [-0.05, 0) is 47.7 Å². The third-order valence-corrected chi connectivity index (χ3v) is 4.40. The summed E-state index contributed by atoms with van der Waals surface area (Å²) in [6.45, 7) is 0.639. The van der Waals surface area contributed by atoms with E-state index in [0.717, 1.165) is 16.6 Å². The maximum Gasteiger partial charge on any atom is 0.138 e. The third kappa shape index (κ3) is 2.69. The summed E-state index contributed by atoms with van der Waals surface area (Å²) < 4.78 is 12.9. The lowest BCUT2D eigenvalue weighted by Gasteiger charge is -2.23. The van der Waals surface area contributed by atoms with Gasteiger partial charge in [0.25, 0.3) is 0 Å². The number of aromatic nitrogens is 1. The molecule has 0 radical (unpaired) electrons. The van der Waals surface area contributed by atoms with Gasteiger partial charge in [-0.2, -0.15) is 0 Å². The molecular weight excluding hydrogens is 294 g/mol. The van der Waals surface area contributed by atoms with Crippen molar-refractivity contribution in [2.75, 3.05) is 6.61 Å². The standard InChI is InChI=1S/C14H18BrNO2/c15-11-7-13(9-16-8-11)17-10-12-3-6-14(18-12)4-1-2-5-14/h7-9,12H,1-6,10H2. The van der Waals surface area contributed by atoms with Crippen LogP contribution in [0, 0.1) is 0 Å². The van der Waals surface area contributed by atoms with E-state index in [2.05, 4.69) is 20.9 Å². The molecule has 2 aliphatic rings. The van der Waals surface area contributed by atoms with Crippen molar-refractivity contribution in [2.45, 2.75) is 50.2 Å². The summed E-state index contributed by atoms with van der Waals surface area (Å²) in [4.78, 5) is 4.09. The molecule has 1 saturated carbocycles. The lowest BCUT2D eigenvalue weighted by Crippen LogP contribution is -2.27. The fourth-order valence-corrected chi connectivity index (χ4v) is 3.40. The average Bonchev–Trinajstić information content (AvgIpc) is 2.98. The first-order valence-electron chi connectivity index (χ1n) is 6.67. The van der Waals surface area contributed by atoms with Gasteiger partial charge in [0.15, 0.2) is 0 Å². The van der Waals surface area contributed by atoms with Crippen LogP contribution in [0.3, 0.4) is 0 Å². The van der Waals surface area contributed by atoms with Gasteiger partial charge in [-0.1, -0.05) is 12.8 Å². The molecule has 1 spiro atoms. The van der Waals surface area contributed by atoms with E-state index in [-0.39, 0.29) is 11.7 Å². The molecule has 1 saturated heterocycles. The van der Waals surface area contributed by atoms with Crippen molar-refractivity contribution in [3.8, 4) is 5.75 Å². The molecule has 1 aliphatic heterocycles. The number of pyridine rings is 1. The van der Waals surface area contributed by atoms with Crippen LogP contribution in [0.5, 0.6) is 5.75 Å². The Morgan fingerprint density at radius 3 is 2.94 bits per heavy atom. The quantitative estimate of drug-likeness (QED) is 0.852. The van der Waals surface area contributed by atoms with Gasteiger partial charge >= 0.3 is 0 Å². The Morgan fingerprint density at radius 1 is 1.33 bits per heavy atom. The number of halogens is 1. The fraction of sp³-hybridized carbons (Fsp3) is 0.643. The van der Waals surface area contributed by atoms with Gasteiger partial charge in [-0.15, -0.1) is 0 Å². The fourth-order valence-electron chi connectivity index (χ4n) is 3.06. The van der Waals surface area contributed by atoms with Gasteiger partial charge in [0, 0.05) is 10.7 Å². The normalized spacial score (nSPS) is 25.7. The van der Waals surface area contributed by atoms with Crippen LogP contribution in [0.2, 0.25) is 0 Å². The summed E-state index contributed by atoms with van der Waals surface area (Å²) in [7, 11) is 0. The van der Waals surface area contributed by atoms with Gasteiger partial charge in [0.1, 0.15) is 12.4 Å². The van der Waals surface area contributed by atoms with Crippen LogP contribution in [0.1, 0.15) is 38.5 Å². The summed E-state index contributed by atoms with van der Waals surface area (Å²) >= 11 is 3.39. The summed E-state index contributed by atoms with van der Waals surface area (Å²) in [6, 6.07) is 1.94. The van der Waals surface area contributed by atoms with Crippen LogP contribution in [-0.4, -0.2) is 23.3 Å². The molecular formula is C14H18BrNO2. The van der Waals surface area contributed by atoms with Gasteiger partial charge in [-0.3, -0.25) is 4.98 Å². The zero-order valence-electron chi connectivity index (χ0n) is 10.4. The Hall–Kier alpha value is -0.610. The molecule has 1 atom stereocenters. The van der Waals surface area contributed by atoms with Crippen LogP contribution < -0.4 is 4.74 Å². The minimum atomic E-state index is 0.198. The number of rotatable bonds is 3. The molecule has 3 rings (SSSR count). The number of nitrogens with zero attached hydrogens (tertiary/aromatic N) is 1. The molecule has 0 aromatic carbocycles. The molecule has 4 heteroatoms. The second kappa shape index (κ2) is 5.17. The number of hydrogen-bond acceptors (Lipinski definition) is 3. The zero-order chi connectivity index (χ0) is 12.4. The van der Waals surface area contributed by atoms with Gasteiger partial charge in [0.05, 0.1) is 17.9 Å². The van der Waals surface area contributed by atoms with E-state index in [4.69, 9.17) is 9.47 Å². The third-order valence-electron chi connectivity index (χ3n) is 3.97. The Balaban J connectivity index is 1.52. The van der Waals surface area contributed by atoms with Gasteiger partial charge < -0.3 is 9.47 Å². The van der Waals surface area contributed by atoms with Crippen molar-refractivity contribution in [3.63, 3.8) is 0 Å². The molecule has 98 valence electrons. The first-order chi connectivity index (χ1) is 8.76. The van der Waals surface area contributed by atoms with Crippen LogP contribution in [-0.2, 0) is 4.74 Å². The zero-order valence-corrected chi connectivity index (χ0v) is 12.0. The first-order valence-corrected chi connectivity index (χ1v) is 7.46. The van der Waals surface area contributed by atoms with Crippen LogP contribution >= 0.6 is 15.9 Å². The van der Waals surface area contributed by atoms with E-state index in [9.17, 15) is 0 Å². The van der Waals surface area contributed by atoms with Crippen LogP contribution in [0.15, 0.2) is 22.9 Å². The van der Waals surface area contributed by atoms with E-state index in [0.29, 0.717) is 6.61 Å². The van der Waals surface area contributed by atoms with E-state index in [1.807, 2.05) is 6.07 Å².